The van der Waals surface area contributed by atoms with Crippen LogP contribution in [-0.2, 0) is 11.3 Å². The Labute approximate surface area is 181 Å². The Morgan fingerprint density at radius 3 is 2.68 bits per heavy atom. The van der Waals surface area contributed by atoms with Crippen molar-refractivity contribution in [3.63, 3.8) is 0 Å². The van der Waals surface area contributed by atoms with Crippen molar-refractivity contribution >= 4 is 17.5 Å². The minimum Gasteiger partial charge on any atom is -0.497 e. The van der Waals surface area contributed by atoms with Crippen molar-refractivity contribution in [2.24, 2.45) is 0 Å². The molecule has 0 bridgehead atoms. The van der Waals surface area contributed by atoms with E-state index >= 15 is 0 Å². The Morgan fingerprint density at radius 1 is 1.13 bits per heavy atom. The third-order valence-corrected chi connectivity index (χ3v) is 5.25. The second kappa shape index (κ2) is 9.30. The fraction of sp³-hybridized carbons (Fsp3) is 0.208. The maximum absolute atomic E-state index is 13.2. The lowest BCUT2D eigenvalue weighted by Gasteiger charge is -2.38. The maximum atomic E-state index is 13.2. The topological polar surface area (TPSA) is 83.6 Å². The number of amides is 2. The summed E-state index contributed by atoms with van der Waals surface area (Å²) >= 11 is 0. The van der Waals surface area contributed by atoms with Crippen LogP contribution in [0.1, 0.15) is 34.1 Å². The van der Waals surface area contributed by atoms with Crippen molar-refractivity contribution in [1.29, 1.82) is 0 Å². The zero-order chi connectivity index (χ0) is 21.6. The van der Waals surface area contributed by atoms with Gasteiger partial charge in [-0.05, 0) is 41.5 Å². The molecule has 7 heteroatoms. The summed E-state index contributed by atoms with van der Waals surface area (Å²) in [6.45, 7) is 0.694. The number of pyridine rings is 1. The van der Waals surface area contributed by atoms with Crippen LogP contribution in [-0.4, -0.2) is 35.4 Å². The number of nitrogens with zero attached hydrogens (tertiary/aromatic N) is 2. The summed E-state index contributed by atoms with van der Waals surface area (Å²) in [6.07, 6.45) is 3.23. The molecule has 31 heavy (non-hydrogen) atoms. The molecule has 0 fully saturated rings. The van der Waals surface area contributed by atoms with Crippen LogP contribution in [0.25, 0.3) is 0 Å². The molecule has 0 spiro atoms. The molecule has 0 saturated heterocycles. The van der Waals surface area contributed by atoms with Crippen molar-refractivity contribution in [2.75, 3.05) is 19.0 Å². The number of ether oxygens (including phenoxy) is 1. The number of methoxy groups -OCH3 is 1. The number of anilines is 1. The summed E-state index contributed by atoms with van der Waals surface area (Å²) in [5.74, 6) is 0.520. The standard InChI is InChI=1S/C24H24N4O3/c1-31-19-10-8-18(9-11-19)23-27-21-7-3-2-6-20(21)24(30)28(23)14-12-22(29)26-16-17-5-4-13-25-15-17/h2-11,13,15,23,27H,12,14,16H2,1H3,(H,26,29)/t23-/m0/s1. The minimum absolute atomic E-state index is 0.102. The Morgan fingerprint density at radius 2 is 1.94 bits per heavy atom. The van der Waals surface area contributed by atoms with Crippen LogP contribution in [0.15, 0.2) is 73.1 Å². The van der Waals surface area contributed by atoms with E-state index in [1.165, 1.54) is 0 Å². The maximum Gasteiger partial charge on any atom is 0.257 e. The molecule has 2 aromatic carbocycles. The van der Waals surface area contributed by atoms with Gasteiger partial charge in [-0.3, -0.25) is 14.6 Å². The molecule has 158 valence electrons. The van der Waals surface area contributed by atoms with Crippen molar-refractivity contribution < 1.29 is 14.3 Å². The Hall–Kier alpha value is -3.87. The molecule has 0 saturated carbocycles. The molecule has 2 N–H and O–H groups in total. The molecule has 3 aromatic rings. The number of fused-ring (bicyclic) bond motifs is 1. The van der Waals surface area contributed by atoms with Gasteiger partial charge in [0.15, 0.2) is 0 Å². The van der Waals surface area contributed by atoms with Gasteiger partial charge in [0.1, 0.15) is 11.9 Å². The smallest absolute Gasteiger partial charge is 0.257 e. The van der Waals surface area contributed by atoms with Gasteiger partial charge >= 0.3 is 0 Å². The number of aromatic nitrogens is 1. The van der Waals surface area contributed by atoms with Crippen LogP contribution in [0, 0.1) is 0 Å². The largest absolute Gasteiger partial charge is 0.497 e. The summed E-state index contributed by atoms with van der Waals surface area (Å²) in [4.78, 5) is 31.4. The molecule has 1 aliphatic rings. The monoisotopic (exact) mass is 416 g/mol. The molecule has 2 heterocycles. The second-order valence-corrected chi connectivity index (χ2v) is 7.25. The average molecular weight is 416 g/mol. The summed E-state index contributed by atoms with van der Waals surface area (Å²) < 4.78 is 5.24. The van der Waals surface area contributed by atoms with E-state index < -0.39 is 0 Å². The van der Waals surface area contributed by atoms with Crippen molar-refractivity contribution in [2.45, 2.75) is 19.1 Å². The van der Waals surface area contributed by atoms with E-state index in [2.05, 4.69) is 15.6 Å². The fourth-order valence-corrected chi connectivity index (χ4v) is 3.59. The van der Waals surface area contributed by atoms with Gasteiger partial charge in [0.05, 0.1) is 12.7 Å². The predicted molar refractivity (Wildman–Crippen MR) is 118 cm³/mol. The molecular weight excluding hydrogens is 392 g/mol. The molecular formula is C24H24N4O3. The van der Waals surface area contributed by atoms with Crippen LogP contribution in [0.2, 0.25) is 0 Å². The predicted octanol–water partition coefficient (Wildman–Crippen LogP) is 3.36. The normalized spacial score (nSPS) is 15.1. The van der Waals surface area contributed by atoms with Gasteiger partial charge in [0.2, 0.25) is 5.91 Å². The number of hydrogen-bond acceptors (Lipinski definition) is 5. The molecule has 1 aromatic heterocycles. The summed E-state index contributed by atoms with van der Waals surface area (Å²) in [6, 6.07) is 18.7. The van der Waals surface area contributed by atoms with E-state index in [1.807, 2.05) is 54.6 Å². The highest BCUT2D eigenvalue weighted by Gasteiger charge is 2.32. The van der Waals surface area contributed by atoms with Gasteiger partial charge in [-0.1, -0.05) is 30.3 Å². The number of para-hydroxylation sites is 1. The van der Waals surface area contributed by atoms with Gasteiger partial charge < -0.3 is 20.3 Å². The third-order valence-electron chi connectivity index (χ3n) is 5.25. The zero-order valence-corrected chi connectivity index (χ0v) is 17.2. The molecule has 2 amide bonds. The molecule has 1 aliphatic heterocycles. The highest BCUT2D eigenvalue weighted by Crippen LogP contribution is 2.33. The van der Waals surface area contributed by atoms with Gasteiger partial charge in [-0.2, -0.15) is 0 Å². The average Bonchev–Trinajstić information content (AvgIpc) is 2.83. The summed E-state index contributed by atoms with van der Waals surface area (Å²) in [5, 5.41) is 6.33. The van der Waals surface area contributed by atoms with E-state index in [1.54, 1.807) is 30.5 Å². The van der Waals surface area contributed by atoms with E-state index in [4.69, 9.17) is 4.74 Å². The van der Waals surface area contributed by atoms with Gasteiger partial charge in [-0.15, -0.1) is 0 Å². The van der Waals surface area contributed by atoms with Crippen molar-refractivity contribution in [3.05, 3.63) is 89.7 Å². The second-order valence-electron chi connectivity index (χ2n) is 7.25. The van der Waals surface area contributed by atoms with E-state index in [0.717, 1.165) is 22.6 Å². The summed E-state index contributed by atoms with van der Waals surface area (Å²) in [5.41, 5.74) is 3.23. The van der Waals surface area contributed by atoms with Crippen molar-refractivity contribution in [3.8, 4) is 5.75 Å². The lowest BCUT2D eigenvalue weighted by atomic mass is 10.0. The van der Waals surface area contributed by atoms with Crippen molar-refractivity contribution in [1.82, 2.24) is 15.2 Å². The van der Waals surface area contributed by atoms with Crippen LogP contribution < -0.4 is 15.4 Å². The first kappa shape index (κ1) is 20.4. The lowest BCUT2D eigenvalue weighted by Crippen LogP contribution is -2.44. The van der Waals surface area contributed by atoms with Gasteiger partial charge in [0, 0.05) is 37.6 Å². The van der Waals surface area contributed by atoms with Gasteiger partial charge in [0.25, 0.3) is 5.91 Å². The van der Waals surface area contributed by atoms with E-state index in [0.29, 0.717) is 12.1 Å². The van der Waals surface area contributed by atoms with Crippen LogP contribution in [0.5, 0.6) is 5.75 Å². The number of rotatable bonds is 7. The molecule has 0 unspecified atom stereocenters. The minimum atomic E-state index is -0.376. The Kier molecular flexibility index (Phi) is 6.12. The molecule has 4 rings (SSSR count). The SMILES string of the molecule is COc1ccc([C@H]2Nc3ccccc3C(=O)N2CCC(=O)NCc2cccnc2)cc1. The molecule has 7 nitrogen and oxygen atoms in total. The number of carbonyl (C=O) groups is 2. The Bertz CT molecular complexity index is 1050. The first-order chi connectivity index (χ1) is 15.2. The quantitative estimate of drug-likeness (QED) is 0.617. The van der Waals surface area contributed by atoms with Crippen LogP contribution in [0.3, 0.4) is 0 Å². The molecule has 0 aliphatic carbocycles. The number of nitrogens with one attached hydrogen (secondary N) is 2. The Balaban J connectivity index is 1.49. The third kappa shape index (κ3) is 4.66. The first-order valence-corrected chi connectivity index (χ1v) is 10.1. The highest BCUT2D eigenvalue weighted by molar-refractivity contribution is 6.01. The van der Waals surface area contributed by atoms with Gasteiger partial charge in [-0.25, -0.2) is 0 Å². The van der Waals surface area contributed by atoms with Crippen LogP contribution in [0.4, 0.5) is 5.69 Å². The summed E-state index contributed by atoms with van der Waals surface area (Å²) in [7, 11) is 1.62. The zero-order valence-electron chi connectivity index (χ0n) is 17.2. The lowest BCUT2D eigenvalue weighted by molar-refractivity contribution is -0.121. The number of carbonyl (C=O) groups excluding carboxylic acids is 2. The molecule has 0 radical (unpaired) electrons. The first-order valence-electron chi connectivity index (χ1n) is 10.1. The highest BCUT2D eigenvalue weighted by atomic mass is 16.5. The number of benzene rings is 2. The number of hydrogen-bond donors (Lipinski definition) is 2. The van der Waals surface area contributed by atoms with E-state index in [-0.39, 0.29) is 30.9 Å². The van der Waals surface area contributed by atoms with Crippen LogP contribution >= 0.6 is 0 Å². The van der Waals surface area contributed by atoms with E-state index in [9.17, 15) is 9.59 Å². The fourth-order valence-electron chi connectivity index (χ4n) is 3.59. The molecule has 1 atom stereocenters.